The van der Waals surface area contributed by atoms with Crippen LogP contribution in [-0.2, 0) is 28.6 Å². The summed E-state index contributed by atoms with van der Waals surface area (Å²) in [6, 6.07) is 17.5. The van der Waals surface area contributed by atoms with E-state index in [0.29, 0.717) is 62.1 Å². The van der Waals surface area contributed by atoms with Gasteiger partial charge in [-0.05, 0) is 36.2 Å². The smallest absolute Gasteiger partial charge is 0.383 e. The van der Waals surface area contributed by atoms with Gasteiger partial charge in [0.2, 0.25) is 0 Å². The zero-order chi connectivity index (χ0) is 27.7. The summed E-state index contributed by atoms with van der Waals surface area (Å²) >= 11 is 0. The third-order valence-corrected chi connectivity index (χ3v) is 6.27. The lowest BCUT2D eigenvalue weighted by Crippen LogP contribution is -2.31. The van der Waals surface area contributed by atoms with Crippen molar-refractivity contribution in [1.29, 1.82) is 0 Å². The van der Waals surface area contributed by atoms with Gasteiger partial charge in [-0.2, -0.15) is 13.2 Å². The van der Waals surface area contributed by atoms with Gasteiger partial charge in [0.15, 0.2) is 0 Å². The van der Waals surface area contributed by atoms with Gasteiger partial charge in [0, 0.05) is 51.0 Å². The van der Waals surface area contributed by atoms with E-state index in [1.165, 1.54) is 17.8 Å². The average Bonchev–Trinajstić information content (AvgIpc) is 2.94. The van der Waals surface area contributed by atoms with Crippen LogP contribution in [0.15, 0.2) is 66.9 Å². The fraction of sp³-hybridized carbons (Fsp3) is 0.345. The van der Waals surface area contributed by atoms with Crippen molar-refractivity contribution in [3.63, 3.8) is 0 Å². The lowest BCUT2D eigenvalue weighted by molar-refractivity contribution is -0.137. The van der Waals surface area contributed by atoms with Crippen LogP contribution in [0, 0.1) is 0 Å². The third kappa shape index (κ3) is 7.72. The maximum absolute atomic E-state index is 13.7. The summed E-state index contributed by atoms with van der Waals surface area (Å²) in [6.45, 7) is 3.43. The first kappa shape index (κ1) is 28.4. The zero-order valence-corrected chi connectivity index (χ0v) is 22.0. The second-order valence-electron chi connectivity index (χ2n) is 9.04. The van der Waals surface area contributed by atoms with E-state index in [4.69, 9.17) is 19.4 Å². The largest absolute Gasteiger partial charge is 0.418 e. The molecule has 10 heteroatoms. The summed E-state index contributed by atoms with van der Waals surface area (Å²) in [5.41, 5.74) is 1.14. The van der Waals surface area contributed by atoms with Gasteiger partial charge in [-0.3, -0.25) is 9.88 Å². The number of rotatable bonds is 13. The Balaban J connectivity index is 1.70. The quantitative estimate of drug-likeness (QED) is 0.242. The number of hydrogen-bond donors (Lipinski definition) is 1. The molecule has 2 aromatic carbocycles. The SMILES string of the molecule is COCCN(CCOC)Cc1nc(NCCc2ccccc2)c2ccc(-c3ncccc3C(F)(F)F)cc2n1. The molecule has 0 unspecified atom stereocenters. The third-order valence-electron chi connectivity index (χ3n) is 6.27. The van der Waals surface area contributed by atoms with Gasteiger partial charge in [0.25, 0.3) is 0 Å². The van der Waals surface area contributed by atoms with Crippen molar-refractivity contribution < 1.29 is 22.6 Å². The molecule has 1 N–H and O–H groups in total. The molecule has 0 bridgehead atoms. The van der Waals surface area contributed by atoms with Gasteiger partial charge in [-0.15, -0.1) is 0 Å². The van der Waals surface area contributed by atoms with E-state index in [0.717, 1.165) is 17.9 Å². The first-order valence-corrected chi connectivity index (χ1v) is 12.7. The molecule has 0 atom stereocenters. The fourth-order valence-electron chi connectivity index (χ4n) is 4.28. The van der Waals surface area contributed by atoms with E-state index in [9.17, 15) is 13.2 Å². The Morgan fingerprint density at radius 1 is 0.897 bits per heavy atom. The van der Waals surface area contributed by atoms with Crippen molar-refractivity contribution in [2.24, 2.45) is 0 Å². The summed E-state index contributed by atoms with van der Waals surface area (Å²) in [6.07, 6.45) is -2.38. The second-order valence-corrected chi connectivity index (χ2v) is 9.04. The average molecular weight is 540 g/mol. The molecule has 2 aromatic heterocycles. The lowest BCUT2D eigenvalue weighted by Gasteiger charge is -2.21. The van der Waals surface area contributed by atoms with Crippen molar-refractivity contribution in [2.45, 2.75) is 19.1 Å². The molecule has 0 spiro atoms. The molecule has 7 nitrogen and oxygen atoms in total. The van der Waals surface area contributed by atoms with Crippen LogP contribution in [0.5, 0.6) is 0 Å². The molecule has 0 saturated heterocycles. The number of ether oxygens (including phenoxy) is 2. The zero-order valence-electron chi connectivity index (χ0n) is 22.0. The topological polar surface area (TPSA) is 72.4 Å². The van der Waals surface area contributed by atoms with Crippen molar-refractivity contribution >= 4 is 16.7 Å². The number of anilines is 1. The minimum atomic E-state index is -4.53. The van der Waals surface area contributed by atoms with Gasteiger partial charge in [-0.25, -0.2) is 9.97 Å². The van der Waals surface area contributed by atoms with Gasteiger partial charge >= 0.3 is 6.18 Å². The first-order valence-electron chi connectivity index (χ1n) is 12.7. The molecule has 2 heterocycles. The number of alkyl halides is 3. The first-order chi connectivity index (χ1) is 18.9. The van der Waals surface area contributed by atoms with Crippen LogP contribution in [0.2, 0.25) is 0 Å². The maximum Gasteiger partial charge on any atom is 0.418 e. The standard InChI is InChI=1S/C29H32F3N5O2/c1-38-17-15-37(16-18-39-2)20-26-35-25-19-22(27-24(29(30,31)32)9-6-13-33-27)10-11-23(25)28(36-26)34-14-12-21-7-4-3-5-8-21/h3-11,13,19H,12,14-18,20H2,1-2H3,(H,34,35,36). The minimum Gasteiger partial charge on any atom is -0.383 e. The molecule has 4 aromatic rings. The molecule has 39 heavy (non-hydrogen) atoms. The van der Waals surface area contributed by atoms with Crippen LogP contribution >= 0.6 is 0 Å². The molecular formula is C29H32F3N5O2. The molecule has 0 amide bonds. The van der Waals surface area contributed by atoms with E-state index in [-0.39, 0.29) is 5.69 Å². The van der Waals surface area contributed by atoms with Crippen molar-refractivity contribution in [2.75, 3.05) is 52.4 Å². The number of nitrogens with one attached hydrogen (secondary N) is 1. The molecule has 0 aliphatic carbocycles. The number of pyridine rings is 1. The number of hydrogen-bond acceptors (Lipinski definition) is 7. The Morgan fingerprint density at radius 2 is 1.64 bits per heavy atom. The highest BCUT2D eigenvalue weighted by atomic mass is 19.4. The second kappa shape index (κ2) is 13.5. The molecule has 0 radical (unpaired) electrons. The van der Waals surface area contributed by atoms with E-state index in [2.05, 4.69) is 27.3 Å². The van der Waals surface area contributed by atoms with E-state index in [1.54, 1.807) is 32.4 Å². The molecule has 0 aliphatic heterocycles. The number of aromatic nitrogens is 3. The van der Waals surface area contributed by atoms with Crippen molar-refractivity contribution in [3.05, 3.63) is 83.8 Å². The summed E-state index contributed by atoms with van der Waals surface area (Å²) in [7, 11) is 3.29. The van der Waals surface area contributed by atoms with Crippen LogP contribution in [-0.4, -0.2) is 66.9 Å². The number of benzene rings is 2. The van der Waals surface area contributed by atoms with Crippen molar-refractivity contribution in [1.82, 2.24) is 19.9 Å². The highest BCUT2D eigenvalue weighted by molar-refractivity contribution is 5.92. The van der Waals surface area contributed by atoms with Crippen LogP contribution in [0.3, 0.4) is 0 Å². The normalized spacial score (nSPS) is 11.8. The Hall–Kier alpha value is -3.60. The molecule has 4 rings (SSSR count). The predicted octanol–water partition coefficient (Wildman–Crippen LogP) is 5.46. The van der Waals surface area contributed by atoms with Gasteiger partial charge in [0.1, 0.15) is 11.6 Å². The monoisotopic (exact) mass is 539 g/mol. The van der Waals surface area contributed by atoms with Crippen LogP contribution < -0.4 is 5.32 Å². The van der Waals surface area contributed by atoms with Gasteiger partial charge in [-0.1, -0.05) is 36.4 Å². The van der Waals surface area contributed by atoms with Gasteiger partial charge < -0.3 is 14.8 Å². The summed E-state index contributed by atoms with van der Waals surface area (Å²) in [5.74, 6) is 1.18. The Kier molecular flexibility index (Phi) is 9.80. The van der Waals surface area contributed by atoms with Crippen LogP contribution in [0.4, 0.5) is 19.0 Å². The molecular weight excluding hydrogens is 507 g/mol. The molecule has 206 valence electrons. The Bertz CT molecular complexity index is 1340. The number of nitrogens with zero attached hydrogens (tertiary/aromatic N) is 4. The Labute approximate surface area is 226 Å². The highest BCUT2D eigenvalue weighted by Crippen LogP contribution is 2.36. The summed E-state index contributed by atoms with van der Waals surface area (Å²) in [4.78, 5) is 15.7. The van der Waals surface area contributed by atoms with E-state index >= 15 is 0 Å². The van der Waals surface area contributed by atoms with Crippen LogP contribution in [0.1, 0.15) is 17.0 Å². The fourth-order valence-corrected chi connectivity index (χ4v) is 4.28. The maximum atomic E-state index is 13.7. The van der Waals surface area contributed by atoms with E-state index < -0.39 is 11.7 Å². The number of fused-ring (bicyclic) bond motifs is 1. The van der Waals surface area contributed by atoms with Gasteiger partial charge in [0.05, 0.1) is 36.5 Å². The molecule has 0 saturated carbocycles. The summed E-state index contributed by atoms with van der Waals surface area (Å²) < 4.78 is 51.6. The molecule has 0 aliphatic rings. The van der Waals surface area contributed by atoms with Crippen LogP contribution in [0.25, 0.3) is 22.2 Å². The van der Waals surface area contributed by atoms with Crippen molar-refractivity contribution in [3.8, 4) is 11.3 Å². The summed E-state index contributed by atoms with van der Waals surface area (Å²) in [5, 5.41) is 4.14. The minimum absolute atomic E-state index is 0.132. The predicted molar refractivity (Wildman–Crippen MR) is 145 cm³/mol. The molecule has 0 fully saturated rings. The lowest BCUT2D eigenvalue weighted by atomic mass is 10.0. The van der Waals surface area contributed by atoms with E-state index in [1.807, 2.05) is 18.2 Å². The highest BCUT2D eigenvalue weighted by Gasteiger charge is 2.34. The number of methoxy groups -OCH3 is 2. The number of halogens is 3. The Morgan fingerprint density at radius 3 is 2.33 bits per heavy atom.